The van der Waals surface area contributed by atoms with E-state index in [1.54, 1.807) is 4.90 Å². The van der Waals surface area contributed by atoms with E-state index in [1.165, 1.54) is 7.11 Å². The number of methoxy groups -OCH3 is 1. The number of esters is 1. The second kappa shape index (κ2) is 6.26. The highest BCUT2D eigenvalue weighted by Crippen LogP contribution is 2.38. The van der Waals surface area contributed by atoms with Crippen molar-refractivity contribution in [2.24, 2.45) is 11.8 Å². The average Bonchev–Trinajstić information content (AvgIpc) is 2.42. The minimum absolute atomic E-state index is 0.0337. The number of hydrogen-bond acceptors (Lipinski definition) is 5. The first-order chi connectivity index (χ1) is 10.2. The standard InChI is InChI=1S/C16H25NO5/c1-16(2,3)22-15(20)17-9-10(7-14(19)21-4)12-8-11(17)5-6-13(12)18/h10-12H,5-9H2,1-4H3/t10-,11?,12?/m1/s1. The SMILES string of the molecule is COC(=O)C[C@@H]1CN(C(=O)OC(C)(C)C)C2CCC(=O)C1C2. The molecular weight excluding hydrogens is 286 g/mol. The Labute approximate surface area is 131 Å². The summed E-state index contributed by atoms with van der Waals surface area (Å²) in [5, 5.41) is 0. The lowest BCUT2D eigenvalue weighted by Crippen LogP contribution is -2.55. The number of Topliss-reactive ketones (excluding diaryl/α,β-unsaturated/α-hetero) is 1. The predicted octanol–water partition coefficient (Wildman–Crippen LogP) is 2.15. The minimum Gasteiger partial charge on any atom is -0.469 e. The molecule has 1 aliphatic carbocycles. The highest BCUT2D eigenvalue weighted by atomic mass is 16.6. The highest BCUT2D eigenvalue weighted by Gasteiger charge is 2.45. The Hall–Kier alpha value is -1.59. The lowest BCUT2D eigenvalue weighted by Gasteiger charge is -2.46. The van der Waals surface area contributed by atoms with Gasteiger partial charge in [-0.25, -0.2) is 4.79 Å². The molecule has 2 fully saturated rings. The number of carbonyl (C=O) groups excluding carboxylic acids is 3. The largest absolute Gasteiger partial charge is 0.469 e. The predicted molar refractivity (Wildman–Crippen MR) is 79.2 cm³/mol. The fraction of sp³-hybridized carbons (Fsp3) is 0.812. The van der Waals surface area contributed by atoms with Crippen molar-refractivity contribution in [1.82, 2.24) is 4.90 Å². The van der Waals surface area contributed by atoms with Crippen LogP contribution in [-0.2, 0) is 19.1 Å². The van der Waals surface area contributed by atoms with Crippen LogP contribution in [-0.4, -0.2) is 48.0 Å². The maximum atomic E-state index is 12.4. The molecule has 2 unspecified atom stereocenters. The number of ether oxygens (including phenoxy) is 2. The third-order valence-electron chi connectivity index (χ3n) is 4.39. The Kier molecular flexibility index (Phi) is 4.78. The van der Waals surface area contributed by atoms with Gasteiger partial charge in [0.05, 0.1) is 13.5 Å². The number of fused-ring (bicyclic) bond motifs is 2. The summed E-state index contributed by atoms with van der Waals surface area (Å²) >= 11 is 0. The van der Waals surface area contributed by atoms with Crippen molar-refractivity contribution in [3.8, 4) is 0 Å². The summed E-state index contributed by atoms with van der Waals surface area (Å²) in [5.74, 6) is -0.458. The number of piperidine rings is 1. The molecule has 6 nitrogen and oxygen atoms in total. The van der Waals surface area contributed by atoms with E-state index < -0.39 is 5.60 Å². The molecule has 1 saturated carbocycles. The van der Waals surface area contributed by atoms with E-state index in [0.29, 0.717) is 25.8 Å². The zero-order chi connectivity index (χ0) is 16.5. The monoisotopic (exact) mass is 311 g/mol. The molecule has 0 aromatic carbocycles. The van der Waals surface area contributed by atoms with Crippen LogP contribution in [0.4, 0.5) is 4.79 Å². The number of amides is 1. The zero-order valence-electron chi connectivity index (χ0n) is 13.8. The summed E-state index contributed by atoms with van der Waals surface area (Å²) in [6, 6.07) is 0.0337. The maximum absolute atomic E-state index is 12.4. The van der Waals surface area contributed by atoms with E-state index in [4.69, 9.17) is 9.47 Å². The molecule has 2 bridgehead atoms. The van der Waals surface area contributed by atoms with Crippen molar-refractivity contribution in [1.29, 1.82) is 0 Å². The molecule has 2 rings (SSSR count). The summed E-state index contributed by atoms with van der Waals surface area (Å²) in [7, 11) is 1.34. The number of rotatable bonds is 2. The molecule has 2 aliphatic rings. The second-order valence-corrected chi connectivity index (χ2v) is 7.17. The van der Waals surface area contributed by atoms with Gasteiger partial charge in [0.1, 0.15) is 11.4 Å². The molecule has 0 aromatic heterocycles. The van der Waals surface area contributed by atoms with Crippen LogP contribution >= 0.6 is 0 Å². The zero-order valence-corrected chi connectivity index (χ0v) is 13.8. The Morgan fingerprint density at radius 3 is 2.59 bits per heavy atom. The lowest BCUT2D eigenvalue weighted by atomic mass is 9.72. The lowest BCUT2D eigenvalue weighted by molar-refractivity contribution is -0.145. The first-order valence-corrected chi connectivity index (χ1v) is 7.80. The van der Waals surface area contributed by atoms with Crippen LogP contribution in [0.5, 0.6) is 0 Å². The fourth-order valence-electron chi connectivity index (χ4n) is 3.35. The number of ketones is 1. The van der Waals surface area contributed by atoms with E-state index in [-0.39, 0.29) is 42.1 Å². The van der Waals surface area contributed by atoms with Gasteiger partial charge in [-0.2, -0.15) is 0 Å². The first-order valence-electron chi connectivity index (χ1n) is 7.80. The Morgan fingerprint density at radius 1 is 1.32 bits per heavy atom. The normalized spacial score (nSPS) is 28.3. The van der Waals surface area contributed by atoms with Crippen LogP contribution in [0.25, 0.3) is 0 Å². The molecule has 0 N–H and O–H groups in total. The van der Waals surface area contributed by atoms with Gasteiger partial charge in [0.15, 0.2) is 0 Å². The van der Waals surface area contributed by atoms with Crippen LogP contribution < -0.4 is 0 Å². The molecule has 3 atom stereocenters. The summed E-state index contributed by atoms with van der Waals surface area (Å²) in [4.78, 5) is 37.8. The van der Waals surface area contributed by atoms with Crippen LogP contribution in [0, 0.1) is 11.8 Å². The number of carbonyl (C=O) groups is 3. The van der Waals surface area contributed by atoms with E-state index in [0.717, 1.165) is 0 Å². The van der Waals surface area contributed by atoms with Gasteiger partial charge in [-0.15, -0.1) is 0 Å². The van der Waals surface area contributed by atoms with Crippen molar-refractivity contribution in [2.45, 2.75) is 58.1 Å². The molecule has 0 spiro atoms. The molecule has 0 aromatic rings. The quantitative estimate of drug-likeness (QED) is 0.731. The first kappa shape index (κ1) is 16.8. The Morgan fingerprint density at radius 2 is 2.00 bits per heavy atom. The van der Waals surface area contributed by atoms with Crippen LogP contribution in [0.1, 0.15) is 46.5 Å². The van der Waals surface area contributed by atoms with E-state index in [9.17, 15) is 14.4 Å². The third-order valence-corrected chi connectivity index (χ3v) is 4.39. The van der Waals surface area contributed by atoms with Crippen molar-refractivity contribution >= 4 is 17.8 Å². The number of likely N-dealkylation sites (tertiary alicyclic amines) is 1. The number of hydrogen-bond donors (Lipinski definition) is 0. The number of nitrogens with zero attached hydrogens (tertiary/aromatic N) is 1. The summed E-state index contributed by atoms with van der Waals surface area (Å²) < 4.78 is 10.2. The smallest absolute Gasteiger partial charge is 0.410 e. The van der Waals surface area contributed by atoms with Crippen molar-refractivity contribution in [3.63, 3.8) is 0 Å². The summed E-state index contributed by atoms with van der Waals surface area (Å²) in [6.45, 7) is 5.86. The summed E-state index contributed by atoms with van der Waals surface area (Å²) in [6.07, 6.45) is 1.57. The van der Waals surface area contributed by atoms with Crippen molar-refractivity contribution in [3.05, 3.63) is 0 Å². The van der Waals surface area contributed by atoms with Crippen LogP contribution in [0.2, 0.25) is 0 Å². The van der Waals surface area contributed by atoms with Gasteiger partial charge in [0.25, 0.3) is 0 Å². The molecule has 124 valence electrons. The second-order valence-electron chi connectivity index (χ2n) is 7.17. The molecule has 6 heteroatoms. The molecule has 1 amide bonds. The minimum atomic E-state index is -0.559. The van der Waals surface area contributed by atoms with Crippen LogP contribution in [0.3, 0.4) is 0 Å². The van der Waals surface area contributed by atoms with Gasteiger partial charge in [0.2, 0.25) is 0 Å². The molecule has 1 aliphatic heterocycles. The third kappa shape index (κ3) is 3.78. The Balaban J connectivity index is 2.13. The van der Waals surface area contributed by atoms with E-state index in [2.05, 4.69) is 0 Å². The van der Waals surface area contributed by atoms with Crippen molar-refractivity contribution in [2.75, 3.05) is 13.7 Å². The summed E-state index contributed by atoms with van der Waals surface area (Å²) in [5.41, 5.74) is -0.559. The topological polar surface area (TPSA) is 72.9 Å². The van der Waals surface area contributed by atoms with Crippen LogP contribution in [0.15, 0.2) is 0 Å². The van der Waals surface area contributed by atoms with Crippen molar-refractivity contribution < 1.29 is 23.9 Å². The van der Waals surface area contributed by atoms with Gasteiger partial charge in [0, 0.05) is 24.9 Å². The molecular formula is C16H25NO5. The van der Waals surface area contributed by atoms with E-state index >= 15 is 0 Å². The van der Waals surface area contributed by atoms with Gasteiger partial charge in [-0.3, -0.25) is 9.59 Å². The molecule has 0 radical (unpaired) electrons. The highest BCUT2D eigenvalue weighted by molar-refractivity contribution is 5.84. The van der Waals surface area contributed by atoms with Gasteiger partial charge < -0.3 is 14.4 Å². The van der Waals surface area contributed by atoms with Gasteiger partial charge >= 0.3 is 12.1 Å². The molecule has 22 heavy (non-hydrogen) atoms. The van der Waals surface area contributed by atoms with Gasteiger partial charge in [-0.05, 0) is 39.5 Å². The fourth-order valence-corrected chi connectivity index (χ4v) is 3.35. The average molecular weight is 311 g/mol. The maximum Gasteiger partial charge on any atom is 0.410 e. The molecule has 1 heterocycles. The Bertz CT molecular complexity index is 468. The van der Waals surface area contributed by atoms with E-state index in [1.807, 2.05) is 20.8 Å². The molecule has 1 saturated heterocycles. The van der Waals surface area contributed by atoms with Gasteiger partial charge in [-0.1, -0.05) is 0 Å².